The quantitative estimate of drug-likeness (QED) is 0.731. The van der Waals surface area contributed by atoms with Crippen molar-refractivity contribution in [3.63, 3.8) is 0 Å². The highest BCUT2D eigenvalue weighted by Gasteiger charge is 2.25. The van der Waals surface area contributed by atoms with Gasteiger partial charge in [0.2, 0.25) is 11.8 Å². The Morgan fingerprint density at radius 2 is 1.55 bits per heavy atom. The summed E-state index contributed by atoms with van der Waals surface area (Å²) in [6, 6.07) is 1.06. The maximum absolute atomic E-state index is 11.3. The van der Waals surface area contributed by atoms with Crippen LogP contribution in [0.2, 0.25) is 0 Å². The van der Waals surface area contributed by atoms with Gasteiger partial charge < -0.3 is 16.0 Å². The van der Waals surface area contributed by atoms with Crippen LogP contribution in [0, 0.1) is 0 Å². The standard InChI is InChI=1S/C14H26N4O2/c1-11(19)18-8-4-13(5-9-18)16-12-2-6-17(7-3-12)10-14(15)20/h12-13,16H,2-10H2,1H3,(H2,15,20). The zero-order chi connectivity index (χ0) is 14.5. The minimum Gasteiger partial charge on any atom is -0.369 e. The molecule has 0 radical (unpaired) electrons. The van der Waals surface area contributed by atoms with E-state index < -0.39 is 0 Å². The monoisotopic (exact) mass is 282 g/mol. The number of amides is 2. The molecule has 6 heteroatoms. The maximum atomic E-state index is 11.3. The highest BCUT2D eigenvalue weighted by molar-refractivity contribution is 5.75. The normalized spacial score (nSPS) is 22.9. The van der Waals surface area contributed by atoms with E-state index in [9.17, 15) is 9.59 Å². The second kappa shape index (κ2) is 7.04. The summed E-state index contributed by atoms with van der Waals surface area (Å²) >= 11 is 0. The number of hydrogen-bond donors (Lipinski definition) is 2. The summed E-state index contributed by atoms with van der Waals surface area (Å²) in [6.45, 7) is 5.63. The van der Waals surface area contributed by atoms with Crippen molar-refractivity contribution in [2.24, 2.45) is 5.73 Å². The first kappa shape index (κ1) is 15.3. The van der Waals surface area contributed by atoms with Gasteiger partial charge in [-0.15, -0.1) is 0 Å². The van der Waals surface area contributed by atoms with Gasteiger partial charge in [-0.3, -0.25) is 14.5 Å². The summed E-state index contributed by atoms with van der Waals surface area (Å²) in [5.41, 5.74) is 5.22. The molecule has 0 saturated carbocycles. The predicted molar refractivity (Wildman–Crippen MR) is 77.1 cm³/mol. The number of carbonyl (C=O) groups excluding carboxylic acids is 2. The van der Waals surface area contributed by atoms with Gasteiger partial charge in [0, 0.05) is 45.2 Å². The van der Waals surface area contributed by atoms with Gasteiger partial charge in [0.05, 0.1) is 6.54 Å². The molecule has 0 aliphatic carbocycles. The molecule has 2 heterocycles. The fourth-order valence-electron chi connectivity index (χ4n) is 3.17. The first-order chi connectivity index (χ1) is 9.54. The van der Waals surface area contributed by atoms with Gasteiger partial charge in [0.1, 0.15) is 0 Å². The predicted octanol–water partition coefficient (Wildman–Crippen LogP) is -0.463. The van der Waals surface area contributed by atoms with Crippen molar-refractivity contribution < 1.29 is 9.59 Å². The molecule has 2 saturated heterocycles. The molecule has 3 N–H and O–H groups in total. The van der Waals surface area contributed by atoms with Crippen molar-refractivity contribution in [2.75, 3.05) is 32.7 Å². The number of nitrogens with zero attached hydrogens (tertiary/aromatic N) is 2. The van der Waals surface area contributed by atoms with Crippen molar-refractivity contribution in [1.82, 2.24) is 15.1 Å². The minimum absolute atomic E-state index is 0.184. The Bertz CT molecular complexity index is 345. The molecule has 2 fully saturated rings. The second-order valence-corrected chi connectivity index (χ2v) is 5.96. The first-order valence-corrected chi connectivity index (χ1v) is 7.57. The Hall–Kier alpha value is -1.14. The van der Waals surface area contributed by atoms with E-state index in [4.69, 9.17) is 5.73 Å². The van der Waals surface area contributed by atoms with Gasteiger partial charge in [0.25, 0.3) is 0 Å². The smallest absolute Gasteiger partial charge is 0.231 e. The molecule has 2 aliphatic heterocycles. The summed E-state index contributed by atoms with van der Waals surface area (Å²) in [7, 11) is 0. The fraction of sp³-hybridized carbons (Fsp3) is 0.857. The van der Waals surface area contributed by atoms with E-state index in [2.05, 4.69) is 10.2 Å². The molecule has 2 rings (SSSR count). The third-order valence-electron chi connectivity index (χ3n) is 4.38. The largest absolute Gasteiger partial charge is 0.369 e. The average Bonchev–Trinajstić information content (AvgIpc) is 2.41. The molecule has 0 bridgehead atoms. The lowest BCUT2D eigenvalue weighted by atomic mass is 9.99. The molecule has 0 unspecified atom stereocenters. The van der Waals surface area contributed by atoms with Crippen molar-refractivity contribution in [3.8, 4) is 0 Å². The van der Waals surface area contributed by atoms with E-state index in [1.54, 1.807) is 6.92 Å². The summed E-state index contributed by atoms with van der Waals surface area (Å²) in [5.74, 6) is -0.0591. The van der Waals surface area contributed by atoms with Crippen molar-refractivity contribution in [2.45, 2.75) is 44.7 Å². The number of hydrogen-bond acceptors (Lipinski definition) is 4. The van der Waals surface area contributed by atoms with Gasteiger partial charge in [0.15, 0.2) is 0 Å². The van der Waals surface area contributed by atoms with Gasteiger partial charge in [-0.25, -0.2) is 0 Å². The Balaban J connectivity index is 1.66. The lowest BCUT2D eigenvalue weighted by Crippen LogP contribution is -2.51. The summed E-state index contributed by atoms with van der Waals surface area (Å²) in [5, 5.41) is 3.71. The fourth-order valence-corrected chi connectivity index (χ4v) is 3.17. The first-order valence-electron chi connectivity index (χ1n) is 7.57. The van der Waals surface area contributed by atoms with Crippen LogP contribution in [0.3, 0.4) is 0 Å². The van der Waals surface area contributed by atoms with Crippen LogP contribution in [0.4, 0.5) is 0 Å². The third-order valence-corrected chi connectivity index (χ3v) is 4.38. The number of nitrogens with one attached hydrogen (secondary N) is 1. The Morgan fingerprint density at radius 1 is 1.05 bits per heavy atom. The Labute approximate surface area is 120 Å². The van der Waals surface area contributed by atoms with Crippen LogP contribution in [-0.4, -0.2) is 66.4 Å². The lowest BCUT2D eigenvalue weighted by Gasteiger charge is -2.37. The summed E-state index contributed by atoms with van der Waals surface area (Å²) in [6.07, 6.45) is 4.22. The lowest BCUT2D eigenvalue weighted by molar-refractivity contribution is -0.130. The summed E-state index contributed by atoms with van der Waals surface area (Å²) < 4.78 is 0. The molecule has 0 atom stereocenters. The number of rotatable bonds is 4. The molecule has 114 valence electrons. The van der Waals surface area contributed by atoms with Crippen LogP contribution in [0.5, 0.6) is 0 Å². The zero-order valence-corrected chi connectivity index (χ0v) is 12.3. The van der Waals surface area contributed by atoms with E-state index >= 15 is 0 Å². The van der Waals surface area contributed by atoms with Crippen molar-refractivity contribution in [3.05, 3.63) is 0 Å². The van der Waals surface area contributed by atoms with Gasteiger partial charge in [-0.2, -0.15) is 0 Å². The van der Waals surface area contributed by atoms with Gasteiger partial charge in [-0.1, -0.05) is 0 Å². The van der Waals surface area contributed by atoms with Crippen molar-refractivity contribution >= 4 is 11.8 Å². The van der Waals surface area contributed by atoms with Crippen LogP contribution in [0.25, 0.3) is 0 Å². The SMILES string of the molecule is CC(=O)N1CCC(NC2CCN(CC(N)=O)CC2)CC1. The van der Waals surface area contributed by atoms with E-state index in [0.29, 0.717) is 18.6 Å². The van der Waals surface area contributed by atoms with E-state index in [-0.39, 0.29) is 11.8 Å². The maximum Gasteiger partial charge on any atom is 0.231 e. The molecule has 0 aromatic carbocycles. The Morgan fingerprint density at radius 3 is 2.00 bits per heavy atom. The van der Waals surface area contributed by atoms with Gasteiger partial charge >= 0.3 is 0 Å². The van der Waals surface area contributed by atoms with E-state index in [1.165, 1.54) is 0 Å². The number of piperidine rings is 2. The highest BCUT2D eigenvalue weighted by Crippen LogP contribution is 2.15. The minimum atomic E-state index is -0.243. The molecule has 0 aromatic heterocycles. The number of primary amides is 1. The topological polar surface area (TPSA) is 78.7 Å². The summed E-state index contributed by atoms with van der Waals surface area (Å²) in [4.78, 5) is 26.2. The molecule has 2 aliphatic rings. The zero-order valence-electron chi connectivity index (χ0n) is 12.3. The molecule has 6 nitrogen and oxygen atoms in total. The average molecular weight is 282 g/mol. The molecule has 0 aromatic rings. The van der Waals surface area contributed by atoms with Crippen LogP contribution in [-0.2, 0) is 9.59 Å². The Kier molecular flexibility index (Phi) is 5.37. The second-order valence-electron chi connectivity index (χ2n) is 5.96. The van der Waals surface area contributed by atoms with Crippen LogP contribution < -0.4 is 11.1 Å². The number of likely N-dealkylation sites (tertiary alicyclic amines) is 2. The van der Waals surface area contributed by atoms with Crippen LogP contribution in [0.15, 0.2) is 0 Å². The van der Waals surface area contributed by atoms with E-state index in [0.717, 1.165) is 51.9 Å². The van der Waals surface area contributed by atoms with Crippen molar-refractivity contribution in [1.29, 1.82) is 0 Å². The number of nitrogens with two attached hydrogens (primary N) is 1. The van der Waals surface area contributed by atoms with E-state index in [1.807, 2.05) is 4.90 Å². The van der Waals surface area contributed by atoms with Crippen LogP contribution >= 0.6 is 0 Å². The highest BCUT2D eigenvalue weighted by atomic mass is 16.2. The molecular formula is C14H26N4O2. The van der Waals surface area contributed by atoms with Gasteiger partial charge in [-0.05, 0) is 25.7 Å². The molecule has 20 heavy (non-hydrogen) atoms. The van der Waals surface area contributed by atoms with Crippen LogP contribution in [0.1, 0.15) is 32.6 Å². The molecular weight excluding hydrogens is 256 g/mol. The third kappa shape index (κ3) is 4.45. The molecule has 2 amide bonds. The number of carbonyl (C=O) groups is 2. The molecule has 0 spiro atoms.